The van der Waals surface area contributed by atoms with E-state index in [1.165, 1.54) is 6.07 Å². The van der Waals surface area contributed by atoms with Crippen LogP contribution >= 0.6 is 15.9 Å². The summed E-state index contributed by atoms with van der Waals surface area (Å²) in [6.07, 6.45) is -0.730. The van der Waals surface area contributed by atoms with E-state index in [4.69, 9.17) is 4.74 Å². The Morgan fingerprint density at radius 1 is 1.42 bits per heavy atom. The Balaban J connectivity index is 3.05. The molecular weight excluding hydrogens is 316 g/mol. The fourth-order valence-electron chi connectivity index (χ4n) is 1.36. The fraction of sp³-hybridized carbons (Fsp3) is 0.417. The maximum Gasteiger partial charge on any atom is 0.412 e. The van der Waals surface area contributed by atoms with E-state index in [9.17, 15) is 14.9 Å². The molecular formula is C12H15BrN2O4. The summed E-state index contributed by atoms with van der Waals surface area (Å²) >= 11 is 3.15. The van der Waals surface area contributed by atoms with Crippen molar-refractivity contribution in [2.45, 2.75) is 33.3 Å². The van der Waals surface area contributed by atoms with E-state index in [0.717, 1.165) is 0 Å². The van der Waals surface area contributed by atoms with Gasteiger partial charge in [0.15, 0.2) is 0 Å². The second-order valence-corrected chi connectivity index (χ2v) is 5.77. The Labute approximate surface area is 119 Å². The molecule has 1 amide bonds. The minimum absolute atomic E-state index is 0.0942. The third kappa shape index (κ3) is 4.20. The first-order valence-electron chi connectivity index (χ1n) is 5.55. The van der Waals surface area contributed by atoms with Crippen LogP contribution in [0, 0.1) is 17.0 Å². The highest BCUT2D eigenvalue weighted by atomic mass is 79.9. The lowest BCUT2D eigenvalue weighted by atomic mass is 10.2. The minimum atomic E-state index is -0.730. The third-order valence-corrected chi connectivity index (χ3v) is 3.13. The SMILES string of the molecule is Cc1ccc(NC(=O)OC(C)(C)C)c([N+](=O)[O-])c1Br. The van der Waals surface area contributed by atoms with Gasteiger partial charge >= 0.3 is 11.8 Å². The van der Waals surface area contributed by atoms with Gasteiger partial charge in [0.2, 0.25) is 0 Å². The molecule has 0 atom stereocenters. The standard InChI is InChI=1S/C12H15BrN2O4/c1-7-5-6-8(10(9(7)13)15(17)18)14-11(16)19-12(2,3)4/h5-6H,1-4H3,(H,14,16). The van der Waals surface area contributed by atoms with E-state index in [2.05, 4.69) is 21.2 Å². The summed E-state index contributed by atoms with van der Waals surface area (Å²) in [5.41, 5.74) is -0.0510. The monoisotopic (exact) mass is 330 g/mol. The predicted octanol–water partition coefficient (Wildman–Crippen LogP) is 4.01. The van der Waals surface area contributed by atoms with E-state index in [1.807, 2.05) is 0 Å². The van der Waals surface area contributed by atoms with Gasteiger partial charge in [0, 0.05) is 0 Å². The molecule has 0 spiro atoms. The third-order valence-electron chi connectivity index (χ3n) is 2.13. The molecule has 0 aliphatic carbocycles. The van der Waals surface area contributed by atoms with E-state index in [1.54, 1.807) is 33.8 Å². The molecule has 0 aliphatic rings. The van der Waals surface area contributed by atoms with Crippen molar-refractivity contribution in [1.82, 2.24) is 0 Å². The number of nitro benzene ring substituents is 1. The lowest BCUT2D eigenvalue weighted by Crippen LogP contribution is -2.27. The van der Waals surface area contributed by atoms with E-state index < -0.39 is 16.6 Å². The number of amides is 1. The summed E-state index contributed by atoms with van der Waals surface area (Å²) in [6.45, 7) is 6.87. The van der Waals surface area contributed by atoms with Crippen LogP contribution < -0.4 is 5.32 Å². The summed E-state index contributed by atoms with van der Waals surface area (Å²) in [6, 6.07) is 3.14. The summed E-state index contributed by atoms with van der Waals surface area (Å²) < 4.78 is 5.40. The first kappa shape index (κ1) is 15.4. The lowest BCUT2D eigenvalue weighted by molar-refractivity contribution is -0.384. The normalized spacial score (nSPS) is 11.0. The Kier molecular flexibility index (Phi) is 4.52. The molecule has 1 rings (SSSR count). The largest absolute Gasteiger partial charge is 0.444 e. The quantitative estimate of drug-likeness (QED) is 0.656. The number of halogens is 1. The van der Waals surface area contributed by atoms with E-state index >= 15 is 0 Å². The minimum Gasteiger partial charge on any atom is -0.444 e. The van der Waals surface area contributed by atoms with Crippen molar-refractivity contribution in [3.05, 3.63) is 32.3 Å². The Morgan fingerprint density at radius 2 is 2.00 bits per heavy atom. The van der Waals surface area contributed by atoms with Gasteiger partial charge in [-0.1, -0.05) is 6.07 Å². The molecule has 0 aliphatic heterocycles. The molecule has 0 bridgehead atoms. The topological polar surface area (TPSA) is 81.5 Å². The maximum absolute atomic E-state index is 11.6. The molecule has 1 aromatic carbocycles. The Morgan fingerprint density at radius 3 is 2.47 bits per heavy atom. The van der Waals surface area contributed by atoms with Gasteiger partial charge in [-0.15, -0.1) is 0 Å². The molecule has 6 nitrogen and oxygen atoms in total. The summed E-state index contributed by atoms with van der Waals surface area (Å²) in [4.78, 5) is 22.1. The molecule has 0 aromatic heterocycles. The molecule has 0 unspecified atom stereocenters. The number of nitrogens with one attached hydrogen (secondary N) is 1. The number of ether oxygens (including phenoxy) is 1. The van der Waals surface area contributed by atoms with Crippen molar-refractivity contribution in [1.29, 1.82) is 0 Å². The molecule has 19 heavy (non-hydrogen) atoms. The first-order valence-corrected chi connectivity index (χ1v) is 6.34. The van der Waals surface area contributed by atoms with Crippen LogP contribution in [0.5, 0.6) is 0 Å². The van der Waals surface area contributed by atoms with Gasteiger partial charge in [0.1, 0.15) is 15.8 Å². The van der Waals surface area contributed by atoms with Crippen LogP contribution in [0.2, 0.25) is 0 Å². The number of anilines is 1. The Hall–Kier alpha value is -1.63. The number of nitrogens with zero attached hydrogens (tertiary/aromatic N) is 1. The molecule has 0 fully saturated rings. The first-order chi connectivity index (χ1) is 8.61. The number of carbonyl (C=O) groups is 1. The number of hydrogen-bond donors (Lipinski definition) is 1. The zero-order valence-corrected chi connectivity index (χ0v) is 12.7. The van der Waals surface area contributed by atoms with Gasteiger partial charge in [0.25, 0.3) is 0 Å². The van der Waals surface area contributed by atoms with Gasteiger partial charge in [-0.2, -0.15) is 0 Å². The van der Waals surface area contributed by atoms with Crippen molar-refractivity contribution in [2.75, 3.05) is 5.32 Å². The van der Waals surface area contributed by atoms with Gasteiger partial charge in [-0.3, -0.25) is 15.4 Å². The molecule has 0 saturated carbocycles. The second-order valence-electron chi connectivity index (χ2n) is 4.98. The highest BCUT2D eigenvalue weighted by Crippen LogP contribution is 2.35. The van der Waals surface area contributed by atoms with Crippen molar-refractivity contribution >= 4 is 33.4 Å². The van der Waals surface area contributed by atoms with Crippen LogP contribution in [0.15, 0.2) is 16.6 Å². The van der Waals surface area contributed by atoms with Gasteiger partial charge < -0.3 is 4.74 Å². The molecule has 0 heterocycles. The molecule has 1 N–H and O–H groups in total. The predicted molar refractivity (Wildman–Crippen MR) is 75.4 cm³/mol. The number of hydrogen-bond acceptors (Lipinski definition) is 4. The smallest absolute Gasteiger partial charge is 0.412 e. The summed E-state index contributed by atoms with van der Waals surface area (Å²) in [5, 5.41) is 13.4. The number of rotatable bonds is 2. The van der Waals surface area contributed by atoms with Crippen molar-refractivity contribution in [3.63, 3.8) is 0 Å². The van der Waals surface area contributed by atoms with Crippen molar-refractivity contribution in [2.24, 2.45) is 0 Å². The van der Waals surface area contributed by atoms with Gasteiger partial charge in [-0.25, -0.2) is 4.79 Å². The van der Waals surface area contributed by atoms with Crippen LogP contribution in [0.1, 0.15) is 26.3 Å². The van der Waals surface area contributed by atoms with Crippen LogP contribution in [0.3, 0.4) is 0 Å². The number of aryl methyl sites for hydroxylation is 1. The second kappa shape index (κ2) is 5.56. The summed E-state index contributed by atoms with van der Waals surface area (Å²) in [7, 11) is 0. The lowest BCUT2D eigenvalue weighted by Gasteiger charge is -2.19. The van der Waals surface area contributed by atoms with Crippen LogP contribution in [-0.4, -0.2) is 16.6 Å². The van der Waals surface area contributed by atoms with E-state index in [-0.39, 0.29) is 11.4 Å². The van der Waals surface area contributed by atoms with Crippen molar-refractivity contribution in [3.8, 4) is 0 Å². The van der Waals surface area contributed by atoms with Gasteiger partial charge in [-0.05, 0) is 55.3 Å². The van der Waals surface area contributed by atoms with Crippen LogP contribution in [0.4, 0.5) is 16.2 Å². The van der Waals surface area contributed by atoms with Gasteiger partial charge in [0.05, 0.1) is 4.92 Å². The maximum atomic E-state index is 11.6. The molecule has 0 saturated heterocycles. The van der Waals surface area contributed by atoms with E-state index in [0.29, 0.717) is 10.0 Å². The molecule has 7 heteroatoms. The Bertz CT molecular complexity index is 523. The fourth-order valence-corrected chi connectivity index (χ4v) is 1.85. The number of nitro groups is 1. The molecule has 0 radical (unpaired) electrons. The van der Waals surface area contributed by atoms with Crippen molar-refractivity contribution < 1.29 is 14.5 Å². The number of benzene rings is 1. The average Bonchev–Trinajstić information content (AvgIpc) is 2.20. The zero-order chi connectivity index (χ0) is 14.8. The number of carbonyl (C=O) groups excluding carboxylic acids is 1. The summed E-state index contributed by atoms with van der Waals surface area (Å²) in [5.74, 6) is 0. The average molecular weight is 331 g/mol. The highest BCUT2D eigenvalue weighted by molar-refractivity contribution is 9.10. The molecule has 104 valence electrons. The van der Waals surface area contributed by atoms with Crippen LogP contribution in [-0.2, 0) is 4.74 Å². The highest BCUT2D eigenvalue weighted by Gasteiger charge is 2.23. The molecule has 1 aromatic rings. The zero-order valence-electron chi connectivity index (χ0n) is 11.1. The van der Waals surface area contributed by atoms with Crippen LogP contribution in [0.25, 0.3) is 0 Å².